The smallest absolute Gasteiger partial charge is 0.279 e. The summed E-state index contributed by atoms with van der Waals surface area (Å²) in [5.74, 6) is 0.648. The van der Waals surface area contributed by atoms with Gasteiger partial charge in [0, 0.05) is 10.4 Å². The molecule has 25 heavy (non-hydrogen) atoms. The maximum atomic E-state index is 12.3. The van der Waals surface area contributed by atoms with Gasteiger partial charge in [0.25, 0.3) is 11.8 Å². The summed E-state index contributed by atoms with van der Waals surface area (Å²) >= 11 is 1.52. The first-order valence-electron chi connectivity index (χ1n) is 8.35. The molecule has 1 aromatic carbocycles. The maximum absolute atomic E-state index is 12.3. The van der Waals surface area contributed by atoms with Crippen molar-refractivity contribution in [3.8, 4) is 5.75 Å². The Balaban J connectivity index is 1.63. The number of fused-ring (bicyclic) bond motifs is 1. The summed E-state index contributed by atoms with van der Waals surface area (Å²) in [6.07, 6.45) is 3.22. The average Bonchev–Trinajstić information content (AvgIpc) is 3.03. The minimum absolute atomic E-state index is 0.278. The van der Waals surface area contributed by atoms with Crippen molar-refractivity contribution in [3.63, 3.8) is 0 Å². The number of nitrogens with one attached hydrogen (secondary N) is 2. The normalized spacial score (nSPS) is 16.0. The number of methoxy groups -OCH3 is 1. The van der Waals surface area contributed by atoms with Crippen molar-refractivity contribution in [2.45, 2.75) is 33.1 Å². The first-order chi connectivity index (χ1) is 12.0. The van der Waals surface area contributed by atoms with Gasteiger partial charge in [-0.3, -0.25) is 20.4 Å². The molecule has 3 rings (SSSR count). The minimum atomic E-state index is -0.374. The van der Waals surface area contributed by atoms with E-state index in [-0.39, 0.29) is 11.8 Å². The summed E-state index contributed by atoms with van der Waals surface area (Å²) in [7, 11) is 1.56. The van der Waals surface area contributed by atoms with Gasteiger partial charge >= 0.3 is 0 Å². The zero-order valence-corrected chi connectivity index (χ0v) is 15.5. The van der Waals surface area contributed by atoms with Crippen LogP contribution in [0.2, 0.25) is 0 Å². The van der Waals surface area contributed by atoms with E-state index in [4.69, 9.17) is 4.74 Å². The zero-order chi connectivity index (χ0) is 18.0. The van der Waals surface area contributed by atoms with Gasteiger partial charge < -0.3 is 4.74 Å². The number of hydrogen-bond acceptors (Lipinski definition) is 4. The fraction of sp³-hybridized carbons (Fsp3) is 0.368. The van der Waals surface area contributed by atoms with Gasteiger partial charge in [-0.05, 0) is 61.4 Å². The highest BCUT2D eigenvalue weighted by Crippen LogP contribution is 2.32. The van der Waals surface area contributed by atoms with Crippen LogP contribution in [0, 0.1) is 12.8 Å². The standard InChI is InChI=1S/C19H22N2O3S/c1-11-4-7-16-14(8-11)10-17(25-16)19(23)21-20-18(22)13-6-5-12(2)15(9-13)24-3/h5-6,9-11H,4,7-8H2,1-3H3,(H,20,22)(H,21,23)/t11-/m0/s1. The van der Waals surface area contributed by atoms with E-state index in [1.54, 1.807) is 19.2 Å². The van der Waals surface area contributed by atoms with Gasteiger partial charge in [-0.2, -0.15) is 0 Å². The first-order valence-corrected chi connectivity index (χ1v) is 9.16. The van der Waals surface area contributed by atoms with Crippen molar-refractivity contribution >= 4 is 23.2 Å². The number of thiophene rings is 1. The number of benzene rings is 1. The number of amides is 2. The molecule has 0 fully saturated rings. The Bertz CT molecular complexity index is 813. The summed E-state index contributed by atoms with van der Waals surface area (Å²) in [5, 5.41) is 0. The average molecular weight is 358 g/mol. The molecule has 0 saturated heterocycles. The van der Waals surface area contributed by atoms with Crippen LogP contribution in [0.5, 0.6) is 5.75 Å². The van der Waals surface area contributed by atoms with Crippen molar-refractivity contribution in [2.24, 2.45) is 5.92 Å². The third-order valence-electron chi connectivity index (χ3n) is 4.51. The van der Waals surface area contributed by atoms with E-state index in [0.29, 0.717) is 22.1 Å². The summed E-state index contributed by atoms with van der Waals surface area (Å²) in [5.41, 5.74) is 7.62. The van der Waals surface area contributed by atoms with Crippen LogP contribution in [0.3, 0.4) is 0 Å². The Morgan fingerprint density at radius 2 is 1.96 bits per heavy atom. The molecule has 1 aliphatic carbocycles. The van der Waals surface area contributed by atoms with Gasteiger partial charge in [0.15, 0.2) is 0 Å². The van der Waals surface area contributed by atoms with E-state index in [2.05, 4.69) is 17.8 Å². The number of carbonyl (C=O) groups is 2. The van der Waals surface area contributed by atoms with Gasteiger partial charge in [0.05, 0.1) is 12.0 Å². The molecular weight excluding hydrogens is 336 g/mol. The molecule has 1 aliphatic rings. The van der Waals surface area contributed by atoms with Gasteiger partial charge in [-0.1, -0.05) is 13.0 Å². The fourth-order valence-electron chi connectivity index (χ4n) is 3.03. The number of hydrazine groups is 1. The second kappa shape index (κ2) is 7.27. The van der Waals surface area contributed by atoms with Crippen molar-refractivity contribution in [2.75, 3.05) is 7.11 Å². The predicted molar refractivity (Wildman–Crippen MR) is 98.2 cm³/mol. The van der Waals surface area contributed by atoms with E-state index in [0.717, 1.165) is 18.4 Å². The molecule has 1 heterocycles. The Hall–Kier alpha value is -2.34. The second-order valence-corrected chi connectivity index (χ2v) is 7.64. The molecule has 0 aliphatic heterocycles. The number of rotatable bonds is 3. The zero-order valence-electron chi connectivity index (χ0n) is 14.6. The molecule has 2 N–H and O–H groups in total. The van der Waals surface area contributed by atoms with E-state index in [1.807, 2.05) is 19.1 Å². The molecule has 0 saturated carbocycles. The van der Waals surface area contributed by atoms with Crippen LogP contribution in [0.25, 0.3) is 0 Å². The molecule has 6 heteroatoms. The Labute approximate surface area is 151 Å². The highest BCUT2D eigenvalue weighted by molar-refractivity contribution is 7.14. The van der Waals surface area contributed by atoms with Crippen LogP contribution in [0.4, 0.5) is 0 Å². The van der Waals surface area contributed by atoms with Gasteiger partial charge in [-0.25, -0.2) is 0 Å². The van der Waals surface area contributed by atoms with Gasteiger partial charge in [0.1, 0.15) is 5.75 Å². The lowest BCUT2D eigenvalue weighted by atomic mass is 9.90. The van der Waals surface area contributed by atoms with Crippen molar-refractivity contribution in [1.82, 2.24) is 10.9 Å². The summed E-state index contributed by atoms with van der Waals surface area (Å²) in [6.45, 7) is 4.14. The third kappa shape index (κ3) is 3.85. The van der Waals surface area contributed by atoms with E-state index >= 15 is 0 Å². The highest BCUT2D eigenvalue weighted by atomic mass is 32.1. The molecule has 2 amide bonds. The lowest BCUT2D eigenvalue weighted by Gasteiger charge is -2.16. The Morgan fingerprint density at radius 1 is 1.20 bits per heavy atom. The summed E-state index contributed by atoms with van der Waals surface area (Å²) in [4.78, 5) is 26.5. The molecule has 0 radical (unpaired) electrons. The molecule has 1 aromatic heterocycles. The molecule has 0 unspecified atom stereocenters. The molecule has 5 nitrogen and oxygen atoms in total. The van der Waals surface area contributed by atoms with Crippen LogP contribution >= 0.6 is 11.3 Å². The summed E-state index contributed by atoms with van der Waals surface area (Å²) < 4.78 is 5.22. The molecule has 0 bridgehead atoms. The van der Waals surface area contributed by atoms with Crippen molar-refractivity contribution in [3.05, 3.63) is 50.7 Å². The lowest BCUT2D eigenvalue weighted by molar-refractivity contribution is 0.0848. The molecule has 0 spiro atoms. The monoisotopic (exact) mass is 358 g/mol. The van der Waals surface area contributed by atoms with Gasteiger partial charge in [0.2, 0.25) is 0 Å². The third-order valence-corrected chi connectivity index (χ3v) is 5.75. The van der Waals surface area contributed by atoms with Gasteiger partial charge in [-0.15, -0.1) is 11.3 Å². The quantitative estimate of drug-likeness (QED) is 0.828. The Kier molecular flexibility index (Phi) is 5.08. The molecule has 1 atom stereocenters. The Morgan fingerprint density at radius 3 is 2.72 bits per heavy atom. The van der Waals surface area contributed by atoms with Crippen LogP contribution < -0.4 is 15.6 Å². The highest BCUT2D eigenvalue weighted by Gasteiger charge is 2.21. The summed E-state index contributed by atoms with van der Waals surface area (Å²) in [6, 6.07) is 7.11. The van der Waals surface area contributed by atoms with E-state index in [1.165, 1.54) is 28.2 Å². The van der Waals surface area contributed by atoms with E-state index in [9.17, 15) is 9.59 Å². The predicted octanol–water partition coefficient (Wildman–Crippen LogP) is 3.26. The van der Waals surface area contributed by atoms with E-state index < -0.39 is 0 Å². The van der Waals surface area contributed by atoms with Crippen LogP contribution in [0.15, 0.2) is 24.3 Å². The number of ether oxygens (including phenoxy) is 1. The largest absolute Gasteiger partial charge is 0.496 e. The second-order valence-electron chi connectivity index (χ2n) is 6.50. The number of hydrogen-bond donors (Lipinski definition) is 2. The molecule has 2 aromatic rings. The van der Waals surface area contributed by atoms with Crippen molar-refractivity contribution < 1.29 is 14.3 Å². The number of carbonyl (C=O) groups excluding carboxylic acids is 2. The lowest BCUT2D eigenvalue weighted by Crippen LogP contribution is -2.41. The fourth-order valence-corrected chi connectivity index (χ4v) is 4.13. The SMILES string of the molecule is COc1cc(C(=O)NNC(=O)c2cc3c(s2)CC[C@H](C)C3)ccc1C. The van der Waals surface area contributed by atoms with Crippen LogP contribution in [0.1, 0.15) is 49.4 Å². The maximum Gasteiger partial charge on any atom is 0.279 e. The number of aryl methyl sites for hydroxylation is 2. The van der Waals surface area contributed by atoms with Crippen LogP contribution in [-0.4, -0.2) is 18.9 Å². The minimum Gasteiger partial charge on any atom is -0.496 e. The first kappa shape index (κ1) is 17.5. The van der Waals surface area contributed by atoms with Crippen molar-refractivity contribution in [1.29, 1.82) is 0 Å². The molecule has 132 valence electrons. The molecular formula is C19H22N2O3S. The van der Waals surface area contributed by atoms with Crippen LogP contribution in [-0.2, 0) is 12.8 Å². The topological polar surface area (TPSA) is 67.4 Å².